The van der Waals surface area contributed by atoms with Crippen molar-refractivity contribution in [1.29, 1.82) is 0 Å². The van der Waals surface area contributed by atoms with Crippen LogP contribution in [0.4, 0.5) is 20.6 Å². The largest absolute Gasteiger partial charge is 0.444 e. The first-order valence-corrected chi connectivity index (χ1v) is 10.1. The van der Waals surface area contributed by atoms with Gasteiger partial charge >= 0.3 is 6.09 Å². The summed E-state index contributed by atoms with van der Waals surface area (Å²) in [7, 11) is 0. The number of morpholine rings is 1. The van der Waals surface area contributed by atoms with Crippen LogP contribution in [0.3, 0.4) is 0 Å². The van der Waals surface area contributed by atoms with E-state index in [4.69, 9.17) is 15.2 Å². The number of hydrogen-bond donors (Lipinski definition) is 1. The van der Waals surface area contributed by atoms with Gasteiger partial charge in [-0.25, -0.2) is 9.18 Å². The van der Waals surface area contributed by atoms with Crippen LogP contribution in [0.2, 0.25) is 0 Å². The maximum atomic E-state index is 14.9. The molecule has 2 heterocycles. The fraction of sp³-hybridized carbons (Fsp3) is 0.667. The number of amides is 1. The van der Waals surface area contributed by atoms with Gasteiger partial charge in [0.05, 0.1) is 24.1 Å². The normalized spacial score (nSPS) is 21.7. The van der Waals surface area contributed by atoms with E-state index in [0.717, 1.165) is 18.4 Å². The van der Waals surface area contributed by atoms with Gasteiger partial charge < -0.3 is 25.0 Å². The topological polar surface area (TPSA) is 68.0 Å². The first-order chi connectivity index (χ1) is 13.1. The minimum Gasteiger partial charge on any atom is -0.444 e. The number of halogens is 1. The summed E-state index contributed by atoms with van der Waals surface area (Å²) < 4.78 is 25.9. The molecule has 2 saturated heterocycles. The number of anilines is 2. The predicted octanol–water partition coefficient (Wildman–Crippen LogP) is 3.75. The fourth-order valence-electron chi connectivity index (χ4n) is 3.95. The maximum absolute atomic E-state index is 14.9. The SMILES string of the molecule is CC1CN(c2c(N)cc(C3CCN(C(=O)OC(C)(C)C)CC3)cc2F)CCO1. The van der Waals surface area contributed by atoms with Crippen LogP contribution in [0.25, 0.3) is 0 Å². The molecule has 0 bridgehead atoms. The van der Waals surface area contributed by atoms with Crippen molar-refractivity contribution in [2.75, 3.05) is 43.4 Å². The third-order valence-corrected chi connectivity index (χ3v) is 5.29. The van der Waals surface area contributed by atoms with Gasteiger partial charge in [0, 0.05) is 26.2 Å². The molecular weight excluding hydrogens is 361 g/mol. The Kier molecular flexibility index (Phi) is 6.03. The average Bonchev–Trinajstić information content (AvgIpc) is 2.60. The number of hydrogen-bond acceptors (Lipinski definition) is 5. The zero-order valence-electron chi connectivity index (χ0n) is 17.3. The molecule has 2 fully saturated rings. The van der Waals surface area contributed by atoms with E-state index >= 15 is 0 Å². The van der Waals surface area contributed by atoms with Crippen LogP contribution in [-0.4, -0.2) is 55.5 Å². The highest BCUT2D eigenvalue weighted by Crippen LogP contribution is 2.36. The van der Waals surface area contributed by atoms with Crippen molar-refractivity contribution in [3.05, 3.63) is 23.5 Å². The Morgan fingerprint density at radius 3 is 2.50 bits per heavy atom. The Morgan fingerprint density at radius 1 is 1.25 bits per heavy atom. The van der Waals surface area contributed by atoms with E-state index in [1.54, 1.807) is 11.0 Å². The summed E-state index contributed by atoms with van der Waals surface area (Å²) in [5.41, 5.74) is 7.60. The lowest BCUT2D eigenvalue weighted by atomic mass is 9.89. The van der Waals surface area contributed by atoms with E-state index in [1.165, 1.54) is 0 Å². The second-order valence-electron chi connectivity index (χ2n) is 8.81. The van der Waals surface area contributed by atoms with Gasteiger partial charge in [0.25, 0.3) is 0 Å². The van der Waals surface area contributed by atoms with Crippen LogP contribution in [-0.2, 0) is 9.47 Å². The number of nitrogens with zero attached hydrogens (tertiary/aromatic N) is 2. The number of carbonyl (C=O) groups excluding carboxylic acids is 1. The molecule has 2 N–H and O–H groups in total. The van der Waals surface area contributed by atoms with E-state index in [1.807, 2.05) is 38.7 Å². The minimum absolute atomic E-state index is 0.0596. The molecule has 0 radical (unpaired) electrons. The zero-order valence-corrected chi connectivity index (χ0v) is 17.3. The van der Waals surface area contributed by atoms with E-state index < -0.39 is 5.60 Å². The number of ether oxygens (including phenoxy) is 2. The Hall–Kier alpha value is -2.02. The van der Waals surface area contributed by atoms with E-state index in [-0.39, 0.29) is 23.9 Å². The van der Waals surface area contributed by atoms with Gasteiger partial charge in [-0.05, 0) is 64.2 Å². The van der Waals surface area contributed by atoms with Crippen LogP contribution in [0, 0.1) is 5.82 Å². The van der Waals surface area contributed by atoms with Crippen molar-refractivity contribution in [2.45, 2.75) is 58.2 Å². The van der Waals surface area contributed by atoms with Gasteiger partial charge in [-0.15, -0.1) is 0 Å². The molecule has 0 saturated carbocycles. The van der Waals surface area contributed by atoms with Crippen LogP contribution >= 0.6 is 0 Å². The Labute approximate surface area is 166 Å². The third kappa shape index (κ3) is 4.87. The molecule has 0 spiro atoms. The molecule has 0 aromatic heterocycles. The number of likely N-dealkylation sites (tertiary alicyclic amines) is 1. The summed E-state index contributed by atoms with van der Waals surface area (Å²) in [5.74, 6) is -0.0909. The molecule has 1 amide bonds. The molecule has 1 atom stereocenters. The highest BCUT2D eigenvalue weighted by Gasteiger charge is 2.29. The molecule has 0 aliphatic carbocycles. The number of carbonyl (C=O) groups is 1. The van der Waals surface area contributed by atoms with Crippen LogP contribution in [0.1, 0.15) is 52.0 Å². The second-order valence-corrected chi connectivity index (χ2v) is 8.81. The Balaban J connectivity index is 1.66. The minimum atomic E-state index is -0.502. The molecule has 28 heavy (non-hydrogen) atoms. The molecule has 1 aromatic carbocycles. The summed E-state index contributed by atoms with van der Waals surface area (Å²) in [6, 6.07) is 3.51. The summed E-state index contributed by atoms with van der Waals surface area (Å²) in [5, 5.41) is 0. The zero-order chi connectivity index (χ0) is 20.5. The van der Waals surface area contributed by atoms with Gasteiger partial charge in [0.15, 0.2) is 0 Å². The number of nitrogens with two attached hydrogens (primary N) is 1. The predicted molar refractivity (Wildman–Crippen MR) is 108 cm³/mol. The number of piperidine rings is 1. The average molecular weight is 394 g/mol. The van der Waals surface area contributed by atoms with E-state index in [0.29, 0.717) is 44.2 Å². The lowest BCUT2D eigenvalue weighted by Gasteiger charge is -2.35. The van der Waals surface area contributed by atoms with Crippen LogP contribution in [0.5, 0.6) is 0 Å². The molecule has 2 aliphatic rings. The molecular formula is C21H32FN3O3. The second kappa shape index (κ2) is 8.15. The van der Waals surface area contributed by atoms with Crippen molar-refractivity contribution < 1.29 is 18.7 Å². The smallest absolute Gasteiger partial charge is 0.410 e. The van der Waals surface area contributed by atoms with Crippen LogP contribution < -0.4 is 10.6 Å². The lowest BCUT2D eigenvalue weighted by molar-refractivity contribution is 0.0204. The summed E-state index contributed by atoms with van der Waals surface area (Å²) in [6.45, 7) is 10.6. The monoisotopic (exact) mass is 393 g/mol. The molecule has 6 nitrogen and oxygen atoms in total. The Bertz CT molecular complexity index is 688. The van der Waals surface area contributed by atoms with E-state index in [9.17, 15) is 9.18 Å². The molecule has 2 aliphatic heterocycles. The molecule has 1 aromatic rings. The quantitative estimate of drug-likeness (QED) is 0.775. The highest BCUT2D eigenvalue weighted by atomic mass is 19.1. The fourth-order valence-corrected chi connectivity index (χ4v) is 3.95. The maximum Gasteiger partial charge on any atom is 0.410 e. The van der Waals surface area contributed by atoms with Crippen molar-refractivity contribution >= 4 is 17.5 Å². The van der Waals surface area contributed by atoms with E-state index in [2.05, 4.69) is 0 Å². The van der Waals surface area contributed by atoms with Crippen LogP contribution in [0.15, 0.2) is 12.1 Å². The van der Waals surface area contributed by atoms with Crippen molar-refractivity contribution in [2.24, 2.45) is 0 Å². The third-order valence-electron chi connectivity index (χ3n) is 5.29. The highest BCUT2D eigenvalue weighted by molar-refractivity contribution is 5.70. The van der Waals surface area contributed by atoms with Gasteiger partial charge in [-0.3, -0.25) is 0 Å². The van der Waals surface area contributed by atoms with Crippen molar-refractivity contribution in [1.82, 2.24) is 4.90 Å². The Morgan fingerprint density at radius 2 is 1.93 bits per heavy atom. The molecule has 1 unspecified atom stereocenters. The van der Waals surface area contributed by atoms with Crippen molar-refractivity contribution in [3.8, 4) is 0 Å². The standard InChI is InChI=1S/C21H32FN3O3/c1-14-13-25(9-10-27-14)19-17(22)11-16(12-18(19)23)15-5-7-24(8-6-15)20(26)28-21(2,3)4/h11-12,14-15H,5-10,13,23H2,1-4H3. The first-order valence-electron chi connectivity index (χ1n) is 10.1. The molecule has 156 valence electrons. The van der Waals surface area contributed by atoms with Gasteiger partial charge in [-0.1, -0.05) is 0 Å². The molecule has 3 rings (SSSR count). The summed E-state index contributed by atoms with van der Waals surface area (Å²) in [4.78, 5) is 15.9. The van der Waals surface area contributed by atoms with Crippen molar-refractivity contribution in [3.63, 3.8) is 0 Å². The summed E-state index contributed by atoms with van der Waals surface area (Å²) in [6.07, 6.45) is 1.32. The van der Waals surface area contributed by atoms with Gasteiger partial charge in [0.2, 0.25) is 0 Å². The summed E-state index contributed by atoms with van der Waals surface area (Å²) >= 11 is 0. The first kappa shape index (κ1) is 20.7. The number of nitrogen functional groups attached to an aromatic ring is 1. The number of rotatable bonds is 2. The van der Waals surface area contributed by atoms with Gasteiger partial charge in [-0.2, -0.15) is 0 Å². The number of benzene rings is 1. The lowest BCUT2D eigenvalue weighted by Crippen LogP contribution is -2.42. The molecule has 7 heteroatoms. The van der Waals surface area contributed by atoms with Gasteiger partial charge in [0.1, 0.15) is 11.4 Å².